The van der Waals surface area contributed by atoms with Gasteiger partial charge in [-0.15, -0.1) is 0 Å². The summed E-state index contributed by atoms with van der Waals surface area (Å²) in [6.07, 6.45) is 0.145. The van der Waals surface area contributed by atoms with E-state index in [1.165, 1.54) is 0 Å². The first kappa shape index (κ1) is 15.7. The topological polar surface area (TPSA) is 62.2 Å². The summed E-state index contributed by atoms with van der Waals surface area (Å²) in [5.74, 6) is -1.20. The van der Waals surface area contributed by atoms with E-state index < -0.39 is 11.9 Å². The van der Waals surface area contributed by atoms with Crippen molar-refractivity contribution in [2.75, 3.05) is 46.5 Å². The van der Waals surface area contributed by atoms with Gasteiger partial charge in [0, 0.05) is 31.7 Å². The van der Waals surface area contributed by atoms with Gasteiger partial charge in [0.1, 0.15) is 0 Å². The largest absolute Gasteiger partial charge is 0.481 e. The Morgan fingerprint density at radius 2 is 2.20 bits per heavy atom. The first-order valence-corrected chi connectivity index (χ1v) is 7.35. The minimum atomic E-state index is -0.771. The van der Waals surface area contributed by atoms with Gasteiger partial charge in [-0.25, -0.2) is 0 Å². The van der Waals surface area contributed by atoms with Gasteiger partial charge in [0.15, 0.2) is 0 Å². The predicted molar refractivity (Wildman–Crippen MR) is 74.8 cm³/mol. The van der Waals surface area contributed by atoms with Gasteiger partial charge in [-0.05, 0) is 20.9 Å². The van der Waals surface area contributed by atoms with Crippen LogP contribution in [-0.2, 0) is 14.3 Å². The molecule has 20 heavy (non-hydrogen) atoms. The van der Waals surface area contributed by atoms with Crippen LogP contribution < -0.4 is 0 Å². The molecular formula is C14H26N2O4. The molecule has 0 aliphatic carbocycles. The fourth-order valence-corrected chi connectivity index (χ4v) is 2.99. The molecule has 3 atom stereocenters. The maximum Gasteiger partial charge on any atom is 0.310 e. The first-order valence-electron chi connectivity index (χ1n) is 7.35. The normalized spacial score (nSPS) is 32.1. The molecule has 0 aromatic rings. The molecule has 0 spiro atoms. The Bertz CT molecular complexity index is 337. The number of hydrogen-bond donors (Lipinski definition) is 1. The molecule has 2 saturated heterocycles. The van der Waals surface area contributed by atoms with Crippen molar-refractivity contribution in [3.8, 4) is 0 Å². The summed E-state index contributed by atoms with van der Waals surface area (Å²) in [5, 5.41) is 9.21. The average molecular weight is 286 g/mol. The van der Waals surface area contributed by atoms with Gasteiger partial charge in [0.05, 0.1) is 31.8 Å². The SMILES string of the molecule is CC(C)N1CCOC(CN(C)C2COCC2C(=O)O)C1. The molecule has 6 heteroatoms. The maximum atomic E-state index is 11.2. The smallest absolute Gasteiger partial charge is 0.310 e. The van der Waals surface area contributed by atoms with Gasteiger partial charge in [0.25, 0.3) is 0 Å². The van der Waals surface area contributed by atoms with Crippen LogP contribution in [0.25, 0.3) is 0 Å². The number of ether oxygens (including phenoxy) is 2. The quantitative estimate of drug-likeness (QED) is 0.775. The third-order valence-electron chi connectivity index (χ3n) is 4.33. The number of hydrogen-bond acceptors (Lipinski definition) is 5. The van der Waals surface area contributed by atoms with Crippen LogP contribution in [0, 0.1) is 5.92 Å². The van der Waals surface area contributed by atoms with Crippen LogP contribution in [0.2, 0.25) is 0 Å². The fourth-order valence-electron chi connectivity index (χ4n) is 2.99. The molecule has 6 nitrogen and oxygen atoms in total. The molecule has 0 aromatic carbocycles. The Labute approximate surface area is 120 Å². The number of morpholine rings is 1. The van der Waals surface area contributed by atoms with Crippen molar-refractivity contribution in [3.63, 3.8) is 0 Å². The lowest BCUT2D eigenvalue weighted by Gasteiger charge is -2.38. The number of likely N-dealkylation sites (N-methyl/N-ethyl adjacent to an activating group) is 1. The highest BCUT2D eigenvalue weighted by molar-refractivity contribution is 5.71. The first-order chi connectivity index (χ1) is 9.49. The molecule has 1 N–H and O–H groups in total. The molecule has 2 rings (SSSR count). The Morgan fingerprint density at radius 3 is 2.85 bits per heavy atom. The molecule has 2 heterocycles. The summed E-state index contributed by atoms with van der Waals surface area (Å²) >= 11 is 0. The zero-order valence-electron chi connectivity index (χ0n) is 12.6. The van der Waals surface area contributed by atoms with Crippen LogP contribution in [0.1, 0.15) is 13.8 Å². The molecule has 0 radical (unpaired) electrons. The number of aliphatic carboxylic acids is 1. The Balaban J connectivity index is 1.87. The maximum absolute atomic E-state index is 11.2. The summed E-state index contributed by atoms with van der Waals surface area (Å²) in [7, 11) is 1.97. The number of rotatable bonds is 5. The summed E-state index contributed by atoms with van der Waals surface area (Å²) in [6, 6.07) is 0.471. The van der Waals surface area contributed by atoms with E-state index >= 15 is 0 Å². The monoisotopic (exact) mass is 286 g/mol. The van der Waals surface area contributed by atoms with Crippen molar-refractivity contribution < 1.29 is 19.4 Å². The molecule has 2 aliphatic rings. The van der Waals surface area contributed by atoms with Crippen molar-refractivity contribution >= 4 is 5.97 Å². The number of carboxylic acid groups (broad SMARTS) is 1. The van der Waals surface area contributed by atoms with Crippen LogP contribution in [0.3, 0.4) is 0 Å². The number of carbonyl (C=O) groups is 1. The molecule has 2 aliphatic heterocycles. The van der Waals surface area contributed by atoms with Gasteiger partial charge in [0.2, 0.25) is 0 Å². The average Bonchev–Trinajstić information content (AvgIpc) is 2.88. The van der Waals surface area contributed by atoms with Crippen molar-refractivity contribution in [3.05, 3.63) is 0 Å². The second-order valence-electron chi connectivity index (χ2n) is 6.07. The Hall–Kier alpha value is -0.690. The fraction of sp³-hybridized carbons (Fsp3) is 0.929. The minimum Gasteiger partial charge on any atom is -0.481 e. The van der Waals surface area contributed by atoms with E-state index in [0.29, 0.717) is 19.3 Å². The van der Waals surface area contributed by atoms with Gasteiger partial charge in [-0.1, -0.05) is 0 Å². The van der Waals surface area contributed by atoms with Crippen molar-refractivity contribution in [2.24, 2.45) is 5.92 Å². The van der Waals surface area contributed by atoms with Crippen molar-refractivity contribution in [2.45, 2.75) is 32.0 Å². The summed E-state index contributed by atoms with van der Waals surface area (Å²) in [6.45, 7) is 8.58. The van der Waals surface area contributed by atoms with Crippen molar-refractivity contribution in [1.82, 2.24) is 9.80 Å². The summed E-state index contributed by atoms with van der Waals surface area (Å²) in [4.78, 5) is 15.7. The van der Waals surface area contributed by atoms with Crippen LogP contribution in [0.4, 0.5) is 0 Å². The molecule has 116 valence electrons. The molecule has 0 bridgehead atoms. The summed E-state index contributed by atoms with van der Waals surface area (Å²) < 4.78 is 11.1. The lowest BCUT2D eigenvalue weighted by Crippen LogP contribution is -2.52. The second-order valence-corrected chi connectivity index (χ2v) is 6.07. The predicted octanol–water partition coefficient (Wildman–Crippen LogP) is 0.127. The second kappa shape index (κ2) is 6.85. The van der Waals surface area contributed by atoms with Gasteiger partial charge in [-0.3, -0.25) is 14.6 Å². The Kier molecular flexibility index (Phi) is 5.37. The van der Waals surface area contributed by atoms with E-state index in [1.54, 1.807) is 0 Å². The zero-order valence-corrected chi connectivity index (χ0v) is 12.6. The van der Waals surface area contributed by atoms with E-state index in [0.717, 1.165) is 26.2 Å². The van der Waals surface area contributed by atoms with E-state index in [-0.39, 0.29) is 12.1 Å². The van der Waals surface area contributed by atoms with E-state index in [9.17, 15) is 9.90 Å². The highest BCUT2D eigenvalue weighted by Gasteiger charge is 2.37. The highest BCUT2D eigenvalue weighted by Crippen LogP contribution is 2.20. The lowest BCUT2D eigenvalue weighted by molar-refractivity contribution is -0.143. The number of carboxylic acids is 1. The van der Waals surface area contributed by atoms with Crippen molar-refractivity contribution in [1.29, 1.82) is 0 Å². The zero-order chi connectivity index (χ0) is 14.7. The van der Waals surface area contributed by atoms with Gasteiger partial charge >= 0.3 is 5.97 Å². The van der Waals surface area contributed by atoms with Gasteiger partial charge in [-0.2, -0.15) is 0 Å². The molecule has 3 unspecified atom stereocenters. The van der Waals surface area contributed by atoms with Crippen LogP contribution >= 0.6 is 0 Å². The third-order valence-corrected chi connectivity index (χ3v) is 4.33. The van der Waals surface area contributed by atoms with E-state index in [2.05, 4.69) is 23.6 Å². The Morgan fingerprint density at radius 1 is 1.45 bits per heavy atom. The van der Waals surface area contributed by atoms with Crippen LogP contribution in [0.15, 0.2) is 0 Å². The van der Waals surface area contributed by atoms with E-state index in [1.807, 2.05) is 7.05 Å². The molecule has 0 saturated carbocycles. The lowest BCUT2D eigenvalue weighted by atomic mass is 10.0. The minimum absolute atomic E-state index is 0.0504. The molecule has 0 aromatic heterocycles. The standard InChI is InChI=1S/C14H26N2O4/c1-10(2)16-4-5-20-11(7-16)6-15(3)13-9-19-8-12(13)14(17)18/h10-13H,4-9H2,1-3H3,(H,17,18). The molecule has 0 amide bonds. The molecule has 2 fully saturated rings. The van der Waals surface area contributed by atoms with Gasteiger partial charge < -0.3 is 14.6 Å². The van der Waals surface area contributed by atoms with Crippen LogP contribution in [-0.4, -0.2) is 85.6 Å². The summed E-state index contributed by atoms with van der Waals surface area (Å²) in [5.41, 5.74) is 0. The van der Waals surface area contributed by atoms with E-state index in [4.69, 9.17) is 9.47 Å². The third kappa shape index (κ3) is 3.69. The molecular weight excluding hydrogens is 260 g/mol. The number of nitrogens with zero attached hydrogens (tertiary/aromatic N) is 2. The highest BCUT2D eigenvalue weighted by atomic mass is 16.5. The van der Waals surface area contributed by atoms with Crippen LogP contribution in [0.5, 0.6) is 0 Å².